The quantitative estimate of drug-likeness (QED) is 0.362. The number of halogens is 2. The van der Waals surface area contributed by atoms with Crippen molar-refractivity contribution in [2.24, 2.45) is 15.1 Å². The molecule has 6 nitrogen and oxygen atoms in total. The molecule has 0 saturated carbocycles. The lowest BCUT2D eigenvalue weighted by atomic mass is 10.1. The van der Waals surface area contributed by atoms with Crippen LogP contribution in [0.3, 0.4) is 0 Å². The number of hydrogen-bond donors (Lipinski definition) is 2. The average molecular weight is 419 g/mol. The van der Waals surface area contributed by atoms with Gasteiger partial charge in [-0.05, 0) is 45.2 Å². The van der Waals surface area contributed by atoms with Crippen LogP contribution in [0.2, 0.25) is 0 Å². The molecule has 0 aliphatic carbocycles. The molecule has 0 atom stereocenters. The highest BCUT2D eigenvalue weighted by molar-refractivity contribution is 6.43. The van der Waals surface area contributed by atoms with E-state index in [9.17, 15) is 4.39 Å². The maximum absolute atomic E-state index is 13.9. The molecule has 1 aromatic carbocycles. The number of benzene rings is 1. The van der Waals surface area contributed by atoms with Crippen LogP contribution in [0.4, 0.5) is 10.1 Å². The van der Waals surface area contributed by atoms with E-state index in [0.29, 0.717) is 46.5 Å². The zero-order valence-electron chi connectivity index (χ0n) is 17.2. The van der Waals surface area contributed by atoms with Gasteiger partial charge >= 0.3 is 0 Å². The zero-order valence-corrected chi connectivity index (χ0v) is 17.9. The fourth-order valence-corrected chi connectivity index (χ4v) is 2.68. The Morgan fingerprint density at radius 2 is 2.07 bits per heavy atom. The third-order valence-corrected chi connectivity index (χ3v) is 4.64. The van der Waals surface area contributed by atoms with E-state index in [0.717, 1.165) is 19.2 Å². The van der Waals surface area contributed by atoms with Crippen LogP contribution in [-0.2, 0) is 0 Å². The molecule has 0 unspecified atom stereocenters. The molecule has 0 radical (unpaired) electrons. The van der Waals surface area contributed by atoms with E-state index in [1.165, 1.54) is 18.3 Å². The Bertz CT molecular complexity index is 828. The molecule has 0 spiro atoms. The monoisotopic (exact) mass is 418 g/mol. The number of nitrogens with one attached hydrogen (secondary N) is 2. The predicted octanol–water partition coefficient (Wildman–Crippen LogP) is 5.19. The third-order valence-electron chi connectivity index (χ3n) is 4.09. The maximum atomic E-state index is 13.9. The highest BCUT2D eigenvalue weighted by Gasteiger charge is 2.14. The molecule has 156 valence electrons. The van der Waals surface area contributed by atoms with Crippen molar-refractivity contribution in [3.8, 4) is 0 Å². The second-order valence-electron chi connectivity index (χ2n) is 6.20. The molecule has 0 fully saturated rings. The summed E-state index contributed by atoms with van der Waals surface area (Å²) in [6.07, 6.45) is 3.25. The van der Waals surface area contributed by atoms with Gasteiger partial charge in [-0.3, -0.25) is 15.4 Å². The second-order valence-corrected chi connectivity index (χ2v) is 6.58. The molecule has 1 rings (SSSR count). The van der Waals surface area contributed by atoms with Gasteiger partial charge in [0.15, 0.2) is 0 Å². The first-order chi connectivity index (χ1) is 13.8. The van der Waals surface area contributed by atoms with Gasteiger partial charge in [-0.25, -0.2) is 4.39 Å². The van der Waals surface area contributed by atoms with Gasteiger partial charge < -0.3 is 10.3 Å². The minimum Gasteiger partial charge on any atom is -0.370 e. The van der Waals surface area contributed by atoms with Crippen LogP contribution in [0, 0.1) is 11.2 Å². The first kappa shape index (κ1) is 24.2. The number of allylic oxidation sites excluding steroid dienone is 2. The molecular formula is C21H28ClFN6. The van der Waals surface area contributed by atoms with Crippen LogP contribution < -0.4 is 5.43 Å². The summed E-state index contributed by atoms with van der Waals surface area (Å²) in [5.41, 5.74) is 6.01. The molecule has 0 aliphatic heterocycles. The number of rotatable bonds is 12. The Kier molecular flexibility index (Phi) is 10.5. The molecule has 0 bridgehead atoms. The van der Waals surface area contributed by atoms with Crippen molar-refractivity contribution >= 4 is 47.8 Å². The summed E-state index contributed by atoms with van der Waals surface area (Å²) < 4.78 is 13.9. The van der Waals surface area contributed by atoms with Crippen LogP contribution >= 0.6 is 11.6 Å². The van der Waals surface area contributed by atoms with E-state index >= 15 is 0 Å². The molecule has 0 aliphatic rings. The van der Waals surface area contributed by atoms with Gasteiger partial charge in [0.05, 0.1) is 34.9 Å². The van der Waals surface area contributed by atoms with Crippen molar-refractivity contribution in [1.29, 1.82) is 5.41 Å². The Morgan fingerprint density at radius 1 is 1.34 bits per heavy atom. The lowest BCUT2D eigenvalue weighted by Crippen LogP contribution is -2.26. The summed E-state index contributed by atoms with van der Waals surface area (Å²) in [4.78, 5) is 10.4. The Hall–Kier alpha value is -2.80. The van der Waals surface area contributed by atoms with Crippen molar-refractivity contribution in [2.45, 2.75) is 27.2 Å². The van der Waals surface area contributed by atoms with Crippen LogP contribution in [0.15, 0.2) is 50.6 Å². The van der Waals surface area contributed by atoms with E-state index < -0.39 is 0 Å². The summed E-state index contributed by atoms with van der Waals surface area (Å²) in [5, 5.41) is 11.4. The lowest BCUT2D eigenvalue weighted by Gasteiger charge is -2.27. The minimum absolute atomic E-state index is 0.364. The molecule has 2 N–H and O–H groups in total. The van der Waals surface area contributed by atoms with E-state index in [4.69, 9.17) is 17.0 Å². The van der Waals surface area contributed by atoms with E-state index in [-0.39, 0.29) is 5.82 Å². The summed E-state index contributed by atoms with van der Waals surface area (Å²) in [7, 11) is 0. The van der Waals surface area contributed by atoms with Gasteiger partial charge in [0.1, 0.15) is 5.82 Å². The topological polar surface area (TPSA) is 76.2 Å². The smallest absolute Gasteiger partial charge is 0.124 e. The van der Waals surface area contributed by atoms with Gasteiger partial charge in [0.2, 0.25) is 0 Å². The highest BCUT2D eigenvalue weighted by atomic mass is 35.5. The van der Waals surface area contributed by atoms with Gasteiger partial charge in [-0.15, -0.1) is 0 Å². The fourth-order valence-electron chi connectivity index (χ4n) is 2.56. The molecule has 0 aromatic heterocycles. The predicted molar refractivity (Wildman–Crippen MR) is 124 cm³/mol. The molecule has 0 heterocycles. The maximum Gasteiger partial charge on any atom is 0.124 e. The SMILES string of the molecule is C=N/C(C)=C(/Cl)C(C)=NCCN(CCC)C(=C)c1cc(F)ccc1N/N=C\C=N. The van der Waals surface area contributed by atoms with Gasteiger partial charge in [0.25, 0.3) is 0 Å². The van der Waals surface area contributed by atoms with Crippen LogP contribution in [0.5, 0.6) is 0 Å². The third kappa shape index (κ3) is 7.62. The lowest BCUT2D eigenvalue weighted by molar-refractivity contribution is 0.407. The molecular weight excluding hydrogens is 391 g/mol. The van der Waals surface area contributed by atoms with Gasteiger partial charge in [-0.2, -0.15) is 5.10 Å². The van der Waals surface area contributed by atoms with E-state index in [1.54, 1.807) is 13.0 Å². The number of hydrogen-bond acceptors (Lipinski definition) is 6. The Morgan fingerprint density at radius 3 is 2.69 bits per heavy atom. The normalized spacial score (nSPS) is 12.5. The number of hydrazone groups is 1. The van der Waals surface area contributed by atoms with Crippen LogP contribution in [0.1, 0.15) is 32.8 Å². The van der Waals surface area contributed by atoms with Crippen molar-refractivity contribution in [2.75, 3.05) is 25.1 Å². The number of nitrogens with zero attached hydrogens (tertiary/aromatic N) is 4. The largest absolute Gasteiger partial charge is 0.370 e. The first-order valence-electron chi connectivity index (χ1n) is 9.22. The van der Waals surface area contributed by atoms with Gasteiger partial charge in [-0.1, -0.05) is 25.1 Å². The number of anilines is 1. The second kappa shape index (κ2) is 12.6. The molecule has 8 heteroatoms. The molecule has 0 saturated heterocycles. The summed E-state index contributed by atoms with van der Waals surface area (Å²) in [6.45, 7) is 15.1. The molecule has 1 aromatic rings. The zero-order chi connectivity index (χ0) is 21.8. The van der Waals surface area contributed by atoms with E-state index in [2.05, 4.69) is 40.7 Å². The Balaban J connectivity index is 3.03. The summed E-state index contributed by atoms with van der Waals surface area (Å²) in [5.74, 6) is -0.364. The minimum atomic E-state index is -0.364. The van der Waals surface area contributed by atoms with Crippen molar-refractivity contribution in [1.82, 2.24) is 4.90 Å². The average Bonchev–Trinajstić information content (AvgIpc) is 2.72. The summed E-state index contributed by atoms with van der Waals surface area (Å²) in [6, 6.07) is 4.36. The van der Waals surface area contributed by atoms with Crippen LogP contribution in [-0.4, -0.2) is 49.4 Å². The fraction of sp³-hybridized carbons (Fsp3) is 0.333. The van der Waals surface area contributed by atoms with Gasteiger partial charge in [0, 0.05) is 30.6 Å². The van der Waals surface area contributed by atoms with Crippen molar-refractivity contribution in [3.05, 3.63) is 46.9 Å². The first-order valence-corrected chi connectivity index (χ1v) is 9.59. The number of aliphatic imine (C=N–C) groups is 2. The van der Waals surface area contributed by atoms with E-state index in [1.807, 2.05) is 11.8 Å². The Labute approximate surface area is 177 Å². The molecule has 29 heavy (non-hydrogen) atoms. The van der Waals surface area contributed by atoms with Crippen molar-refractivity contribution < 1.29 is 4.39 Å². The van der Waals surface area contributed by atoms with Crippen molar-refractivity contribution in [3.63, 3.8) is 0 Å². The van der Waals surface area contributed by atoms with Crippen LogP contribution in [0.25, 0.3) is 5.70 Å². The standard InChI is InChI=1S/C21H28ClFN6/c1-6-12-29(13-11-26-16(3)21(22)15(2)25-5)17(4)19-14-18(23)7-8-20(19)28-27-10-9-24/h7-10,14,24,28H,4-6,11-13H2,1-3H3/b21-15+,24-9?,26-16?,27-10-. The highest BCUT2D eigenvalue weighted by Crippen LogP contribution is 2.27. The molecule has 0 amide bonds. The summed E-state index contributed by atoms with van der Waals surface area (Å²) >= 11 is 6.22.